The van der Waals surface area contributed by atoms with Gasteiger partial charge in [0.25, 0.3) is 5.91 Å². The molecule has 1 aromatic heterocycles. The van der Waals surface area contributed by atoms with Gasteiger partial charge in [0.15, 0.2) is 0 Å². The third-order valence-electron chi connectivity index (χ3n) is 3.81. The largest absolute Gasteiger partial charge is 0.348 e. The number of carbonyl (C=O) groups is 1. The Balaban J connectivity index is 2.09. The Morgan fingerprint density at radius 2 is 2.40 bits per heavy atom. The first-order chi connectivity index (χ1) is 9.60. The Morgan fingerprint density at radius 3 is 3.10 bits per heavy atom. The predicted octanol–water partition coefficient (Wildman–Crippen LogP) is 2.24. The summed E-state index contributed by atoms with van der Waals surface area (Å²) < 4.78 is 0. The van der Waals surface area contributed by atoms with Gasteiger partial charge in [-0.1, -0.05) is 13.8 Å². The number of amides is 1. The quantitative estimate of drug-likeness (QED) is 0.916. The Labute approximate surface area is 120 Å². The number of nitrogens with one attached hydrogen (secondary N) is 1. The van der Waals surface area contributed by atoms with Gasteiger partial charge in [0.1, 0.15) is 5.69 Å². The van der Waals surface area contributed by atoms with Gasteiger partial charge >= 0.3 is 0 Å². The Bertz CT molecular complexity index is 463. The van der Waals surface area contributed by atoms with Gasteiger partial charge in [-0.3, -0.25) is 4.79 Å². The van der Waals surface area contributed by atoms with E-state index in [2.05, 4.69) is 27.1 Å². The third-order valence-corrected chi connectivity index (χ3v) is 3.81. The van der Waals surface area contributed by atoms with Crippen molar-refractivity contribution in [1.82, 2.24) is 15.3 Å². The van der Waals surface area contributed by atoms with Crippen LogP contribution < -0.4 is 10.2 Å². The van der Waals surface area contributed by atoms with Gasteiger partial charge in [0, 0.05) is 25.3 Å². The zero-order valence-electron chi connectivity index (χ0n) is 12.6. The highest BCUT2D eigenvalue weighted by Gasteiger charge is 2.20. The molecule has 5 heteroatoms. The van der Waals surface area contributed by atoms with Crippen LogP contribution in [-0.2, 0) is 0 Å². The molecule has 0 saturated carbocycles. The van der Waals surface area contributed by atoms with Crippen LogP contribution >= 0.6 is 0 Å². The van der Waals surface area contributed by atoms with Crippen molar-refractivity contribution in [3.8, 4) is 0 Å². The summed E-state index contributed by atoms with van der Waals surface area (Å²) in [6.45, 7) is 8.22. The molecule has 1 fully saturated rings. The topological polar surface area (TPSA) is 58.1 Å². The zero-order chi connectivity index (χ0) is 14.5. The summed E-state index contributed by atoms with van der Waals surface area (Å²) in [6, 6.07) is 1.84. The van der Waals surface area contributed by atoms with Crippen LogP contribution in [0.25, 0.3) is 0 Å². The molecule has 2 unspecified atom stereocenters. The highest BCUT2D eigenvalue weighted by atomic mass is 16.1. The maximum absolute atomic E-state index is 12.1. The molecule has 2 rings (SSSR count). The molecule has 1 aliphatic rings. The van der Waals surface area contributed by atoms with Crippen molar-refractivity contribution < 1.29 is 4.79 Å². The van der Waals surface area contributed by atoms with Gasteiger partial charge in [-0.15, -0.1) is 0 Å². The minimum atomic E-state index is -0.118. The second-order valence-corrected chi connectivity index (χ2v) is 5.72. The normalized spacial score (nSPS) is 20.6. The van der Waals surface area contributed by atoms with Crippen LogP contribution in [0.15, 0.2) is 12.3 Å². The number of aromatic nitrogens is 2. The molecule has 110 valence electrons. The summed E-state index contributed by atoms with van der Waals surface area (Å²) in [5.74, 6) is 1.21. The standard InChI is InChI=1S/C15H24N4O/c1-4-12(3)17-14(20)13-7-8-16-15(18-13)19-9-5-6-11(2)10-19/h7-8,11-12H,4-6,9-10H2,1-3H3,(H,17,20). The van der Waals surface area contributed by atoms with Crippen molar-refractivity contribution in [3.05, 3.63) is 18.0 Å². The molecule has 1 aromatic rings. The average molecular weight is 276 g/mol. The van der Waals surface area contributed by atoms with E-state index in [-0.39, 0.29) is 11.9 Å². The lowest BCUT2D eigenvalue weighted by Gasteiger charge is -2.30. The molecular formula is C15H24N4O. The zero-order valence-corrected chi connectivity index (χ0v) is 12.6. The molecule has 0 aromatic carbocycles. The molecule has 2 atom stereocenters. The minimum Gasteiger partial charge on any atom is -0.348 e. The van der Waals surface area contributed by atoms with Crippen molar-refractivity contribution in [2.24, 2.45) is 5.92 Å². The highest BCUT2D eigenvalue weighted by molar-refractivity contribution is 5.92. The van der Waals surface area contributed by atoms with Crippen LogP contribution in [0.1, 0.15) is 50.5 Å². The molecule has 0 bridgehead atoms. The lowest BCUT2D eigenvalue weighted by Crippen LogP contribution is -2.36. The Hall–Kier alpha value is -1.65. The van der Waals surface area contributed by atoms with Crippen molar-refractivity contribution in [2.45, 2.75) is 46.1 Å². The second kappa shape index (κ2) is 6.68. The molecule has 5 nitrogen and oxygen atoms in total. The smallest absolute Gasteiger partial charge is 0.270 e. The van der Waals surface area contributed by atoms with Crippen molar-refractivity contribution in [3.63, 3.8) is 0 Å². The van der Waals surface area contributed by atoms with E-state index in [1.165, 1.54) is 6.42 Å². The van der Waals surface area contributed by atoms with Crippen LogP contribution in [0.5, 0.6) is 0 Å². The molecule has 1 saturated heterocycles. The Morgan fingerprint density at radius 1 is 1.60 bits per heavy atom. The molecular weight excluding hydrogens is 252 g/mol. The fourth-order valence-corrected chi connectivity index (χ4v) is 2.40. The van der Waals surface area contributed by atoms with E-state index in [9.17, 15) is 4.79 Å². The summed E-state index contributed by atoms with van der Waals surface area (Å²) >= 11 is 0. The van der Waals surface area contributed by atoms with E-state index < -0.39 is 0 Å². The van der Waals surface area contributed by atoms with Gasteiger partial charge in [-0.25, -0.2) is 9.97 Å². The number of rotatable bonds is 4. The molecule has 1 aliphatic heterocycles. The van der Waals surface area contributed by atoms with Crippen molar-refractivity contribution in [2.75, 3.05) is 18.0 Å². The van der Waals surface area contributed by atoms with Gasteiger partial charge in [-0.05, 0) is 38.2 Å². The van der Waals surface area contributed by atoms with Crippen LogP contribution in [0, 0.1) is 5.92 Å². The average Bonchev–Trinajstić information content (AvgIpc) is 2.47. The predicted molar refractivity (Wildman–Crippen MR) is 79.9 cm³/mol. The van der Waals surface area contributed by atoms with Gasteiger partial charge in [-0.2, -0.15) is 0 Å². The fourth-order valence-electron chi connectivity index (χ4n) is 2.40. The van der Waals surface area contributed by atoms with Gasteiger partial charge in [0.2, 0.25) is 5.95 Å². The van der Waals surface area contributed by atoms with E-state index >= 15 is 0 Å². The third kappa shape index (κ3) is 3.68. The van der Waals surface area contributed by atoms with Crippen molar-refractivity contribution in [1.29, 1.82) is 0 Å². The number of hydrogen-bond donors (Lipinski definition) is 1. The maximum atomic E-state index is 12.1. The fraction of sp³-hybridized carbons (Fsp3) is 0.667. The molecule has 1 N–H and O–H groups in total. The van der Waals surface area contributed by atoms with E-state index in [1.54, 1.807) is 12.3 Å². The van der Waals surface area contributed by atoms with Gasteiger partial charge < -0.3 is 10.2 Å². The molecule has 0 aliphatic carbocycles. The minimum absolute atomic E-state index is 0.118. The van der Waals surface area contributed by atoms with Crippen LogP contribution in [0.4, 0.5) is 5.95 Å². The summed E-state index contributed by atoms with van der Waals surface area (Å²) in [5.41, 5.74) is 0.452. The van der Waals surface area contributed by atoms with Crippen molar-refractivity contribution >= 4 is 11.9 Å². The maximum Gasteiger partial charge on any atom is 0.270 e. The van der Waals surface area contributed by atoms with Crippen LogP contribution in [-0.4, -0.2) is 35.0 Å². The molecule has 1 amide bonds. The summed E-state index contributed by atoms with van der Waals surface area (Å²) in [5, 5.41) is 2.94. The number of piperidine rings is 1. The first kappa shape index (κ1) is 14.8. The van der Waals surface area contributed by atoms with Crippen LogP contribution in [0.2, 0.25) is 0 Å². The van der Waals surface area contributed by atoms with Crippen LogP contribution in [0.3, 0.4) is 0 Å². The van der Waals surface area contributed by atoms with E-state index in [1.807, 2.05) is 13.8 Å². The van der Waals surface area contributed by atoms with E-state index in [0.29, 0.717) is 17.6 Å². The Kier molecular flexibility index (Phi) is 4.93. The summed E-state index contributed by atoms with van der Waals surface area (Å²) in [4.78, 5) is 23.0. The lowest BCUT2D eigenvalue weighted by atomic mass is 10.0. The molecule has 0 radical (unpaired) electrons. The highest BCUT2D eigenvalue weighted by Crippen LogP contribution is 2.19. The molecule has 0 spiro atoms. The number of hydrogen-bond acceptors (Lipinski definition) is 4. The lowest BCUT2D eigenvalue weighted by molar-refractivity contribution is 0.0934. The molecule has 2 heterocycles. The summed E-state index contributed by atoms with van der Waals surface area (Å²) in [7, 11) is 0. The first-order valence-electron chi connectivity index (χ1n) is 7.49. The first-order valence-corrected chi connectivity index (χ1v) is 7.49. The number of nitrogens with zero attached hydrogens (tertiary/aromatic N) is 3. The second-order valence-electron chi connectivity index (χ2n) is 5.72. The molecule has 20 heavy (non-hydrogen) atoms. The number of anilines is 1. The van der Waals surface area contributed by atoms with Gasteiger partial charge in [0.05, 0.1) is 0 Å². The number of carbonyl (C=O) groups excluding carboxylic acids is 1. The summed E-state index contributed by atoms with van der Waals surface area (Å²) in [6.07, 6.45) is 5.00. The van der Waals surface area contributed by atoms with E-state index in [4.69, 9.17) is 0 Å². The SMILES string of the molecule is CCC(C)NC(=O)c1ccnc(N2CCCC(C)C2)n1. The van der Waals surface area contributed by atoms with E-state index in [0.717, 1.165) is 25.9 Å². The monoisotopic (exact) mass is 276 g/mol.